The van der Waals surface area contributed by atoms with Crippen molar-refractivity contribution in [2.75, 3.05) is 4.90 Å². The molecule has 0 saturated carbocycles. The Morgan fingerprint density at radius 2 is 1.65 bits per heavy atom. The van der Waals surface area contributed by atoms with Crippen molar-refractivity contribution in [2.24, 2.45) is 0 Å². The molecule has 2 atom stereocenters. The second-order valence-electron chi connectivity index (χ2n) is 5.69. The van der Waals surface area contributed by atoms with Crippen LogP contribution in [0.2, 0.25) is 0 Å². The molecule has 1 nitrogen and oxygen atoms in total. The van der Waals surface area contributed by atoms with Crippen LogP contribution in [0.5, 0.6) is 0 Å². The third kappa shape index (κ3) is 1.44. The van der Waals surface area contributed by atoms with Crippen molar-refractivity contribution in [3.05, 3.63) is 84.5 Å². The molecule has 0 amide bonds. The minimum Gasteiger partial charge on any atom is -0.333 e. The largest absolute Gasteiger partial charge is 0.333 e. The number of benzene rings is 2. The summed E-state index contributed by atoms with van der Waals surface area (Å²) in [5, 5.41) is 0. The van der Waals surface area contributed by atoms with Crippen molar-refractivity contribution < 1.29 is 0 Å². The molecule has 1 heterocycles. The van der Waals surface area contributed by atoms with Gasteiger partial charge in [0.2, 0.25) is 0 Å². The van der Waals surface area contributed by atoms with Crippen LogP contribution >= 0.6 is 0 Å². The highest BCUT2D eigenvalue weighted by Gasteiger charge is 2.45. The number of fused-ring (bicyclic) bond motifs is 3. The maximum absolute atomic E-state index is 2.45. The zero-order valence-electron chi connectivity index (χ0n) is 11.5. The lowest BCUT2D eigenvalue weighted by atomic mass is 9.76. The van der Waals surface area contributed by atoms with E-state index in [-0.39, 0.29) is 5.41 Å². The maximum Gasteiger partial charge on any atom is 0.0655 e. The molecule has 0 aromatic heterocycles. The Morgan fingerprint density at radius 1 is 0.900 bits per heavy atom. The van der Waals surface area contributed by atoms with E-state index in [0.29, 0.717) is 6.04 Å². The monoisotopic (exact) mass is 259 g/mol. The van der Waals surface area contributed by atoms with Gasteiger partial charge in [0.1, 0.15) is 0 Å². The number of para-hydroxylation sites is 2. The fourth-order valence-electron chi connectivity index (χ4n) is 3.50. The van der Waals surface area contributed by atoms with Gasteiger partial charge in [0.15, 0.2) is 0 Å². The lowest BCUT2D eigenvalue weighted by Crippen LogP contribution is -2.39. The van der Waals surface area contributed by atoms with Crippen molar-refractivity contribution in [1.29, 1.82) is 0 Å². The topological polar surface area (TPSA) is 3.24 Å². The van der Waals surface area contributed by atoms with Gasteiger partial charge in [0.25, 0.3) is 0 Å². The maximum atomic E-state index is 2.45. The Balaban J connectivity index is 1.96. The van der Waals surface area contributed by atoms with E-state index in [9.17, 15) is 0 Å². The van der Waals surface area contributed by atoms with Crippen LogP contribution in [-0.2, 0) is 5.41 Å². The summed E-state index contributed by atoms with van der Waals surface area (Å²) >= 11 is 0. The Bertz CT molecular complexity index is 699. The lowest BCUT2D eigenvalue weighted by Gasteiger charge is -2.34. The van der Waals surface area contributed by atoms with Gasteiger partial charge < -0.3 is 4.90 Å². The van der Waals surface area contributed by atoms with Crippen LogP contribution in [0.4, 0.5) is 11.4 Å². The summed E-state index contributed by atoms with van der Waals surface area (Å²) in [4.78, 5) is 2.45. The first-order valence-corrected chi connectivity index (χ1v) is 7.10. The van der Waals surface area contributed by atoms with Gasteiger partial charge in [-0.3, -0.25) is 0 Å². The molecule has 2 aromatic rings. The van der Waals surface area contributed by atoms with Crippen LogP contribution in [0.15, 0.2) is 78.9 Å². The molecule has 1 aliphatic heterocycles. The van der Waals surface area contributed by atoms with E-state index in [1.165, 1.54) is 16.9 Å². The molecule has 20 heavy (non-hydrogen) atoms. The molecular weight excluding hydrogens is 242 g/mol. The minimum absolute atomic E-state index is 0.0567. The van der Waals surface area contributed by atoms with Gasteiger partial charge >= 0.3 is 0 Å². The molecular formula is C19H17N. The predicted octanol–water partition coefficient (Wildman–Crippen LogP) is 4.59. The van der Waals surface area contributed by atoms with Gasteiger partial charge in [0.05, 0.1) is 6.04 Å². The third-order valence-corrected chi connectivity index (χ3v) is 4.52. The highest BCUT2D eigenvalue weighted by atomic mass is 15.2. The summed E-state index contributed by atoms with van der Waals surface area (Å²) in [5.41, 5.74) is 4.05. The van der Waals surface area contributed by atoms with Crippen molar-refractivity contribution in [1.82, 2.24) is 0 Å². The number of anilines is 2. The quantitative estimate of drug-likeness (QED) is 0.724. The predicted molar refractivity (Wildman–Crippen MR) is 84.4 cm³/mol. The standard InChI is InChI=1S/C19H17N/c1-19-14-8-7-13-18(19)20(15-9-3-2-4-10-15)17-12-6-5-11-16(17)19/h2-14,18H,1H3. The molecule has 0 bridgehead atoms. The fraction of sp³-hybridized carbons (Fsp3) is 0.158. The van der Waals surface area contributed by atoms with E-state index < -0.39 is 0 Å². The third-order valence-electron chi connectivity index (χ3n) is 4.52. The molecule has 1 aliphatic carbocycles. The summed E-state index contributed by atoms with van der Waals surface area (Å²) in [6, 6.07) is 19.8. The van der Waals surface area contributed by atoms with E-state index in [1.807, 2.05) is 0 Å². The molecule has 2 aliphatic rings. The van der Waals surface area contributed by atoms with Gasteiger partial charge in [-0.25, -0.2) is 0 Å². The van der Waals surface area contributed by atoms with Gasteiger partial charge in [-0.15, -0.1) is 0 Å². The number of hydrogen-bond acceptors (Lipinski definition) is 1. The summed E-state index contributed by atoms with van der Waals surface area (Å²) in [5.74, 6) is 0. The zero-order chi connectivity index (χ0) is 13.6. The Morgan fingerprint density at radius 3 is 2.50 bits per heavy atom. The van der Waals surface area contributed by atoms with E-state index in [2.05, 4.69) is 90.7 Å². The smallest absolute Gasteiger partial charge is 0.0655 e. The molecule has 4 rings (SSSR count). The van der Waals surface area contributed by atoms with Crippen LogP contribution in [-0.4, -0.2) is 6.04 Å². The minimum atomic E-state index is 0.0567. The van der Waals surface area contributed by atoms with E-state index in [4.69, 9.17) is 0 Å². The lowest BCUT2D eigenvalue weighted by molar-refractivity contribution is 0.551. The normalized spacial score (nSPS) is 26.4. The first kappa shape index (κ1) is 11.5. The Kier molecular flexibility index (Phi) is 2.37. The summed E-state index contributed by atoms with van der Waals surface area (Å²) in [6.45, 7) is 2.33. The highest BCUT2D eigenvalue weighted by molar-refractivity contribution is 5.76. The average Bonchev–Trinajstić information content (AvgIpc) is 2.77. The number of hydrogen-bond donors (Lipinski definition) is 0. The van der Waals surface area contributed by atoms with E-state index in [0.717, 1.165) is 0 Å². The first-order chi connectivity index (χ1) is 9.81. The van der Waals surface area contributed by atoms with E-state index in [1.54, 1.807) is 0 Å². The highest BCUT2D eigenvalue weighted by Crippen LogP contribution is 2.50. The first-order valence-electron chi connectivity index (χ1n) is 7.10. The molecule has 0 spiro atoms. The van der Waals surface area contributed by atoms with Crippen LogP contribution in [0.3, 0.4) is 0 Å². The van der Waals surface area contributed by atoms with E-state index >= 15 is 0 Å². The van der Waals surface area contributed by atoms with Crippen LogP contribution in [0.25, 0.3) is 0 Å². The molecule has 2 unspecified atom stereocenters. The zero-order valence-corrected chi connectivity index (χ0v) is 11.5. The Labute approximate surface area is 119 Å². The van der Waals surface area contributed by atoms with Crippen LogP contribution in [0, 0.1) is 0 Å². The molecule has 1 heteroatoms. The average molecular weight is 259 g/mol. The molecule has 0 radical (unpaired) electrons. The fourth-order valence-corrected chi connectivity index (χ4v) is 3.50. The van der Waals surface area contributed by atoms with Crippen molar-refractivity contribution in [3.63, 3.8) is 0 Å². The van der Waals surface area contributed by atoms with Gasteiger partial charge in [-0.1, -0.05) is 60.7 Å². The molecule has 0 saturated heterocycles. The molecule has 98 valence electrons. The molecule has 2 aromatic carbocycles. The van der Waals surface area contributed by atoms with Crippen molar-refractivity contribution >= 4 is 11.4 Å². The van der Waals surface area contributed by atoms with Gasteiger partial charge in [0, 0.05) is 16.8 Å². The van der Waals surface area contributed by atoms with Crippen LogP contribution < -0.4 is 4.90 Å². The number of allylic oxidation sites excluding steroid dienone is 2. The summed E-state index contributed by atoms with van der Waals surface area (Å²) in [7, 11) is 0. The number of rotatable bonds is 1. The number of nitrogens with zero attached hydrogens (tertiary/aromatic N) is 1. The summed E-state index contributed by atoms with van der Waals surface area (Å²) < 4.78 is 0. The van der Waals surface area contributed by atoms with Gasteiger partial charge in [-0.05, 0) is 30.7 Å². The van der Waals surface area contributed by atoms with Gasteiger partial charge in [-0.2, -0.15) is 0 Å². The second-order valence-corrected chi connectivity index (χ2v) is 5.69. The van der Waals surface area contributed by atoms with Crippen LogP contribution in [0.1, 0.15) is 12.5 Å². The molecule has 0 fully saturated rings. The SMILES string of the molecule is CC12C=CC=CC1N(c1ccccc1)c1ccccc12. The summed E-state index contributed by atoms with van der Waals surface area (Å²) in [6.07, 6.45) is 8.97. The Hall–Kier alpha value is -2.28. The van der Waals surface area contributed by atoms with Crippen molar-refractivity contribution in [3.8, 4) is 0 Å². The van der Waals surface area contributed by atoms with Crippen molar-refractivity contribution in [2.45, 2.75) is 18.4 Å². The second kappa shape index (κ2) is 4.11. The molecule has 0 N–H and O–H groups in total.